The molecule has 0 aromatic heterocycles. The lowest BCUT2D eigenvalue weighted by Crippen LogP contribution is -2.32. The van der Waals surface area contributed by atoms with E-state index in [1.807, 2.05) is 54.3 Å². The zero-order valence-corrected chi connectivity index (χ0v) is 16.0. The summed E-state index contributed by atoms with van der Waals surface area (Å²) in [5, 5.41) is 0. The molecule has 1 aliphatic heterocycles. The first-order chi connectivity index (χ1) is 12.2. The van der Waals surface area contributed by atoms with Gasteiger partial charge in [0.05, 0.1) is 6.61 Å². The van der Waals surface area contributed by atoms with E-state index >= 15 is 0 Å². The Morgan fingerprint density at radius 2 is 1.81 bits per heavy atom. The summed E-state index contributed by atoms with van der Waals surface area (Å²) in [6, 6.07) is 18.2. The van der Waals surface area contributed by atoms with Crippen LogP contribution in [0.1, 0.15) is 30.4 Å². The molecule has 0 saturated carbocycles. The first kappa shape index (κ1) is 20.3. The maximum atomic E-state index is 12.6. The number of benzene rings is 2. The van der Waals surface area contributed by atoms with E-state index in [2.05, 4.69) is 12.1 Å². The third-order valence-corrected chi connectivity index (χ3v) is 4.83. The number of aryl methyl sites for hydroxylation is 1. The van der Waals surface area contributed by atoms with E-state index in [0.29, 0.717) is 32.5 Å². The summed E-state index contributed by atoms with van der Waals surface area (Å²) in [5.41, 5.74) is 8.60. The predicted octanol–water partition coefficient (Wildman–Crippen LogP) is 3.39. The predicted molar refractivity (Wildman–Crippen MR) is 107 cm³/mol. The fourth-order valence-electron chi connectivity index (χ4n) is 3.49. The van der Waals surface area contributed by atoms with Crippen molar-refractivity contribution in [1.29, 1.82) is 0 Å². The van der Waals surface area contributed by atoms with Crippen LogP contribution >= 0.6 is 12.4 Å². The molecule has 0 radical (unpaired) electrons. The molecular weight excluding hydrogens is 348 g/mol. The van der Waals surface area contributed by atoms with Gasteiger partial charge in [-0.2, -0.15) is 0 Å². The SMILES string of the molecule is CCOc1ccccc1CCC(=O)N1C[C@@H](N)[C@H](c2ccccc2)C1.Cl. The molecule has 2 aromatic rings. The van der Waals surface area contributed by atoms with Crippen LogP contribution in [-0.4, -0.2) is 36.5 Å². The molecule has 1 aliphatic rings. The monoisotopic (exact) mass is 374 g/mol. The van der Waals surface area contributed by atoms with Gasteiger partial charge in [-0.05, 0) is 30.5 Å². The van der Waals surface area contributed by atoms with Crippen LogP contribution in [0.3, 0.4) is 0 Å². The molecule has 0 spiro atoms. The first-order valence-electron chi connectivity index (χ1n) is 8.98. The lowest BCUT2D eigenvalue weighted by Gasteiger charge is -2.17. The Morgan fingerprint density at radius 1 is 1.12 bits per heavy atom. The molecule has 1 heterocycles. The number of likely N-dealkylation sites (tertiary alicyclic amines) is 1. The highest BCUT2D eigenvalue weighted by Crippen LogP contribution is 2.27. The minimum Gasteiger partial charge on any atom is -0.494 e. The molecule has 3 rings (SSSR count). The van der Waals surface area contributed by atoms with Gasteiger partial charge in [-0.3, -0.25) is 4.79 Å². The quantitative estimate of drug-likeness (QED) is 0.843. The van der Waals surface area contributed by atoms with Crippen LogP contribution in [0, 0.1) is 0 Å². The van der Waals surface area contributed by atoms with Crippen molar-refractivity contribution in [3.8, 4) is 5.75 Å². The lowest BCUT2D eigenvalue weighted by atomic mass is 9.95. The summed E-state index contributed by atoms with van der Waals surface area (Å²) >= 11 is 0. The number of rotatable bonds is 6. The normalized spacial score (nSPS) is 19.1. The van der Waals surface area contributed by atoms with E-state index in [1.54, 1.807) is 0 Å². The smallest absolute Gasteiger partial charge is 0.222 e. The van der Waals surface area contributed by atoms with Crippen molar-refractivity contribution in [2.75, 3.05) is 19.7 Å². The molecule has 2 N–H and O–H groups in total. The Morgan fingerprint density at radius 3 is 2.54 bits per heavy atom. The zero-order valence-electron chi connectivity index (χ0n) is 15.1. The second kappa shape index (κ2) is 9.60. The number of carbonyl (C=O) groups excluding carboxylic acids is 1. The van der Waals surface area contributed by atoms with Gasteiger partial charge in [0.1, 0.15) is 5.75 Å². The van der Waals surface area contributed by atoms with Crippen molar-refractivity contribution in [2.45, 2.75) is 31.7 Å². The number of nitrogens with two attached hydrogens (primary N) is 1. The fraction of sp³-hybridized carbons (Fsp3) is 0.381. The Balaban J connectivity index is 0.00000243. The number of hydrogen-bond donors (Lipinski definition) is 1. The highest BCUT2D eigenvalue weighted by molar-refractivity contribution is 5.85. The van der Waals surface area contributed by atoms with Crippen molar-refractivity contribution in [3.05, 3.63) is 65.7 Å². The van der Waals surface area contributed by atoms with E-state index in [0.717, 1.165) is 11.3 Å². The largest absolute Gasteiger partial charge is 0.494 e. The Hall–Kier alpha value is -2.04. The summed E-state index contributed by atoms with van der Waals surface area (Å²) in [4.78, 5) is 14.5. The third kappa shape index (κ3) is 4.77. The number of amides is 1. The number of ether oxygens (including phenoxy) is 1. The summed E-state index contributed by atoms with van der Waals surface area (Å²) in [7, 11) is 0. The minimum absolute atomic E-state index is 0. The average Bonchev–Trinajstić information content (AvgIpc) is 3.03. The molecule has 0 aliphatic carbocycles. The molecule has 140 valence electrons. The second-order valence-electron chi connectivity index (χ2n) is 6.52. The Kier molecular flexibility index (Phi) is 7.49. The Labute approximate surface area is 161 Å². The zero-order chi connectivity index (χ0) is 17.6. The van der Waals surface area contributed by atoms with Crippen molar-refractivity contribution in [1.82, 2.24) is 4.90 Å². The van der Waals surface area contributed by atoms with Crippen molar-refractivity contribution in [2.24, 2.45) is 5.73 Å². The average molecular weight is 375 g/mol. The third-order valence-electron chi connectivity index (χ3n) is 4.83. The van der Waals surface area contributed by atoms with Crippen LogP contribution in [0.25, 0.3) is 0 Å². The molecule has 0 bridgehead atoms. The van der Waals surface area contributed by atoms with Gasteiger partial charge in [0.15, 0.2) is 0 Å². The van der Waals surface area contributed by atoms with Gasteiger partial charge < -0.3 is 15.4 Å². The van der Waals surface area contributed by atoms with Gasteiger partial charge in [0.2, 0.25) is 5.91 Å². The van der Waals surface area contributed by atoms with Crippen molar-refractivity contribution < 1.29 is 9.53 Å². The van der Waals surface area contributed by atoms with Crippen LogP contribution in [0.4, 0.5) is 0 Å². The molecular formula is C21H27ClN2O2. The van der Waals surface area contributed by atoms with Crippen LogP contribution in [-0.2, 0) is 11.2 Å². The van der Waals surface area contributed by atoms with Crippen LogP contribution in [0.2, 0.25) is 0 Å². The van der Waals surface area contributed by atoms with E-state index in [4.69, 9.17) is 10.5 Å². The Bertz CT molecular complexity index is 708. The van der Waals surface area contributed by atoms with Gasteiger partial charge in [-0.1, -0.05) is 48.5 Å². The highest BCUT2D eigenvalue weighted by atomic mass is 35.5. The van der Waals surface area contributed by atoms with E-state index in [1.165, 1.54) is 5.56 Å². The second-order valence-corrected chi connectivity index (χ2v) is 6.52. The number of carbonyl (C=O) groups is 1. The molecule has 1 amide bonds. The molecule has 1 fully saturated rings. The molecule has 2 atom stereocenters. The van der Waals surface area contributed by atoms with Crippen LogP contribution < -0.4 is 10.5 Å². The van der Waals surface area contributed by atoms with E-state index in [9.17, 15) is 4.79 Å². The first-order valence-corrected chi connectivity index (χ1v) is 8.98. The summed E-state index contributed by atoms with van der Waals surface area (Å²) < 4.78 is 5.64. The lowest BCUT2D eigenvalue weighted by molar-refractivity contribution is -0.130. The summed E-state index contributed by atoms with van der Waals surface area (Å²) in [6.07, 6.45) is 1.18. The van der Waals surface area contributed by atoms with Crippen molar-refractivity contribution >= 4 is 18.3 Å². The maximum Gasteiger partial charge on any atom is 0.222 e. The highest BCUT2D eigenvalue weighted by Gasteiger charge is 2.33. The topological polar surface area (TPSA) is 55.6 Å². The number of nitrogens with zero attached hydrogens (tertiary/aromatic N) is 1. The molecule has 5 heteroatoms. The summed E-state index contributed by atoms with van der Waals surface area (Å²) in [6.45, 7) is 3.94. The van der Waals surface area contributed by atoms with Gasteiger partial charge in [0, 0.05) is 31.5 Å². The molecule has 26 heavy (non-hydrogen) atoms. The summed E-state index contributed by atoms with van der Waals surface area (Å²) in [5.74, 6) is 1.26. The number of halogens is 1. The van der Waals surface area contributed by atoms with Gasteiger partial charge in [-0.15, -0.1) is 12.4 Å². The van der Waals surface area contributed by atoms with E-state index < -0.39 is 0 Å². The molecule has 0 unspecified atom stereocenters. The fourth-order valence-corrected chi connectivity index (χ4v) is 3.49. The van der Waals surface area contributed by atoms with Crippen LogP contribution in [0.5, 0.6) is 5.75 Å². The standard InChI is InChI=1S/C21H26N2O2.ClH/c1-2-25-20-11-7-6-10-17(20)12-13-21(24)23-14-18(19(22)15-23)16-8-4-3-5-9-16;/h3-11,18-19H,2,12-15,22H2,1H3;1H/t18-,19+;/m0./s1. The van der Waals surface area contributed by atoms with Gasteiger partial charge in [0.25, 0.3) is 0 Å². The van der Waals surface area contributed by atoms with Crippen LogP contribution in [0.15, 0.2) is 54.6 Å². The van der Waals surface area contributed by atoms with Crippen molar-refractivity contribution in [3.63, 3.8) is 0 Å². The number of para-hydroxylation sites is 1. The van der Waals surface area contributed by atoms with Gasteiger partial charge in [-0.25, -0.2) is 0 Å². The maximum absolute atomic E-state index is 12.6. The van der Waals surface area contributed by atoms with E-state index in [-0.39, 0.29) is 30.3 Å². The molecule has 4 nitrogen and oxygen atoms in total. The minimum atomic E-state index is 0. The number of hydrogen-bond acceptors (Lipinski definition) is 3. The molecule has 1 saturated heterocycles. The molecule has 2 aromatic carbocycles. The van der Waals surface area contributed by atoms with Gasteiger partial charge >= 0.3 is 0 Å².